The molecule has 3 heteroatoms. The Hall–Kier alpha value is -0.700. The van der Waals surface area contributed by atoms with Gasteiger partial charge in [-0.1, -0.05) is 22.9 Å². The van der Waals surface area contributed by atoms with E-state index in [9.17, 15) is 9.18 Å². The first-order valence-electron chi connectivity index (χ1n) is 5.07. The van der Waals surface area contributed by atoms with Crippen LogP contribution in [0, 0.1) is 11.7 Å². The van der Waals surface area contributed by atoms with Gasteiger partial charge in [-0.15, -0.1) is 0 Å². The molecule has 1 fully saturated rings. The average molecular weight is 271 g/mol. The molecule has 0 aliphatic heterocycles. The number of hydrogen-bond donors (Lipinski definition) is 0. The van der Waals surface area contributed by atoms with Gasteiger partial charge in [0.1, 0.15) is 11.6 Å². The Labute approximate surface area is 96.8 Å². The molecule has 80 valence electrons. The summed E-state index contributed by atoms with van der Waals surface area (Å²) in [4.78, 5) is 11.4. The molecule has 0 spiro atoms. The summed E-state index contributed by atoms with van der Waals surface area (Å²) in [7, 11) is 0. The Morgan fingerprint density at radius 1 is 1.47 bits per heavy atom. The van der Waals surface area contributed by atoms with Gasteiger partial charge in [-0.2, -0.15) is 0 Å². The van der Waals surface area contributed by atoms with Crippen molar-refractivity contribution in [3.63, 3.8) is 0 Å². The van der Waals surface area contributed by atoms with Gasteiger partial charge in [0.05, 0.1) is 0 Å². The van der Waals surface area contributed by atoms with Gasteiger partial charge in [-0.25, -0.2) is 4.39 Å². The fourth-order valence-electron chi connectivity index (χ4n) is 2.22. The molecular weight excluding hydrogens is 259 g/mol. The van der Waals surface area contributed by atoms with E-state index in [2.05, 4.69) is 15.9 Å². The Balaban J connectivity index is 2.37. The summed E-state index contributed by atoms with van der Waals surface area (Å²) >= 11 is 3.33. The highest BCUT2D eigenvalue weighted by atomic mass is 79.9. The van der Waals surface area contributed by atoms with Crippen molar-refractivity contribution >= 4 is 21.7 Å². The first-order chi connectivity index (χ1) is 7.09. The van der Waals surface area contributed by atoms with E-state index in [1.54, 1.807) is 12.1 Å². The number of halogens is 2. The lowest BCUT2D eigenvalue weighted by Crippen LogP contribution is -2.10. The average Bonchev–Trinajstić information content (AvgIpc) is 2.52. The summed E-state index contributed by atoms with van der Waals surface area (Å²) in [6.07, 6.45) is 1.35. The molecule has 0 radical (unpaired) electrons. The van der Waals surface area contributed by atoms with Crippen LogP contribution in [0.4, 0.5) is 4.39 Å². The van der Waals surface area contributed by atoms with Gasteiger partial charge < -0.3 is 0 Å². The standard InChI is InChI=1S/C12H12BrFO/c1-7-9(3-5-12(7)15)10-6-8(13)2-4-11(10)14/h2,4,6-7,9H,3,5H2,1H3. The highest BCUT2D eigenvalue weighted by Crippen LogP contribution is 2.38. The van der Waals surface area contributed by atoms with Crippen LogP contribution in [0.1, 0.15) is 31.2 Å². The lowest BCUT2D eigenvalue weighted by atomic mass is 9.90. The van der Waals surface area contributed by atoms with Crippen molar-refractivity contribution in [3.8, 4) is 0 Å². The third kappa shape index (κ3) is 1.98. The lowest BCUT2D eigenvalue weighted by Gasteiger charge is -2.15. The molecule has 1 aliphatic carbocycles. The van der Waals surface area contributed by atoms with E-state index in [0.29, 0.717) is 12.0 Å². The number of carbonyl (C=O) groups is 1. The van der Waals surface area contributed by atoms with Crippen LogP contribution in [-0.4, -0.2) is 5.78 Å². The molecule has 1 nitrogen and oxygen atoms in total. The predicted molar refractivity (Wildman–Crippen MR) is 60.2 cm³/mol. The van der Waals surface area contributed by atoms with Gasteiger partial charge in [0.15, 0.2) is 0 Å². The highest BCUT2D eigenvalue weighted by molar-refractivity contribution is 9.10. The molecule has 1 aliphatic rings. The molecule has 1 aromatic carbocycles. The van der Waals surface area contributed by atoms with Crippen molar-refractivity contribution < 1.29 is 9.18 Å². The van der Waals surface area contributed by atoms with E-state index in [4.69, 9.17) is 0 Å². The quantitative estimate of drug-likeness (QED) is 0.761. The second-order valence-corrected chi connectivity index (χ2v) is 4.98. The van der Waals surface area contributed by atoms with Crippen LogP contribution in [0.5, 0.6) is 0 Å². The van der Waals surface area contributed by atoms with Gasteiger partial charge in [0.25, 0.3) is 0 Å². The van der Waals surface area contributed by atoms with Crippen molar-refractivity contribution in [1.29, 1.82) is 0 Å². The summed E-state index contributed by atoms with van der Waals surface area (Å²) in [5.41, 5.74) is 0.669. The Bertz CT molecular complexity index is 403. The Kier molecular flexibility index (Phi) is 2.91. The second kappa shape index (κ2) is 4.05. The van der Waals surface area contributed by atoms with E-state index < -0.39 is 0 Å². The van der Waals surface area contributed by atoms with Crippen molar-refractivity contribution in [2.45, 2.75) is 25.7 Å². The number of rotatable bonds is 1. The van der Waals surface area contributed by atoms with Crippen LogP contribution < -0.4 is 0 Å². The Morgan fingerprint density at radius 2 is 2.20 bits per heavy atom. The Morgan fingerprint density at radius 3 is 2.80 bits per heavy atom. The zero-order valence-corrected chi connectivity index (χ0v) is 10.1. The fraction of sp³-hybridized carbons (Fsp3) is 0.417. The maximum Gasteiger partial charge on any atom is 0.136 e. The molecule has 0 aromatic heterocycles. The maximum atomic E-state index is 13.6. The zero-order valence-electron chi connectivity index (χ0n) is 8.47. The summed E-state index contributed by atoms with van der Waals surface area (Å²) in [5, 5.41) is 0. The van der Waals surface area contributed by atoms with Crippen LogP contribution in [0.2, 0.25) is 0 Å². The molecule has 0 bridgehead atoms. The number of benzene rings is 1. The molecule has 2 atom stereocenters. The topological polar surface area (TPSA) is 17.1 Å². The van der Waals surface area contributed by atoms with Crippen LogP contribution in [0.3, 0.4) is 0 Å². The molecule has 15 heavy (non-hydrogen) atoms. The normalized spacial score (nSPS) is 25.9. The molecule has 0 N–H and O–H groups in total. The molecule has 1 aromatic rings. The number of ketones is 1. The smallest absolute Gasteiger partial charge is 0.136 e. The van der Waals surface area contributed by atoms with Gasteiger partial charge in [-0.3, -0.25) is 4.79 Å². The molecule has 2 unspecified atom stereocenters. The van der Waals surface area contributed by atoms with Crippen LogP contribution in [0.15, 0.2) is 22.7 Å². The zero-order chi connectivity index (χ0) is 11.0. The molecular formula is C12H12BrFO. The van der Waals surface area contributed by atoms with Gasteiger partial charge in [0.2, 0.25) is 0 Å². The molecule has 1 saturated carbocycles. The first kappa shape index (κ1) is 10.8. The third-order valence-corrected chi connectivity index (χ3v) is 3.66. The molecule has 0 heterocycles. The van der Waals surface area contributed by atoms with Crippen molar-refractivity contribution in [1.82, 2.24) is 0 Å². The SMILES string of the molecule is CC1C(=O)CCC1c1cc(Br)ccc1F. The number of hydrogen-bond acceptors (Lipinski definition) is 1. The van der Waals surface area contributed by atoms with E-state index in [0.717, 1.165) is 10.9 Å². The summed E-state index contributed by atoms with van der Waals surface area (Å²) in [5.74, 6) is 0.0490. The summed E-state index contributed by atoms with van der Waals surface area (Å²) in [6.45, 7) is 1.89. The van der Waals surface area contributed by atoms with Crippen molar-refractivity contribution in [2.75, 3.05) is 0 Å². The minimum atomic E-state index is -0.204. The van der Waals surface area contributed by atoms with E-state index >= 15 is 0 Å². The minimum Gasteiger partial charge on any atom is -0.299 e. The van der Waals surface area contributed by atoms with Crippen LogP contribution >= 0.6 is 15.9 Å². The molecule has 0 amide bonds. The lowest BCUT2D eigenvalue weighted by molar-refractivity contribution is -0.120. The van der Waals surface area contributed by atoms with E-state index in [1.807, 2.05) is 6.92 Å². The third-order valence-electron chi connectivity index (χ3n) is 3.17. The first-order valence-corrected chi connectivity index (χ1v) is 5.86. The maximum absolute atomic E-state index is 13.6. The monoisotopic (exact) mass is 270 g/mol. The summed E-state index contributed by atoms with van der Waals surface area (Å²) in [6, 6.07) is 4.92. The number of carbonyl (C=O) groups excluding carboxylic acids is 1. The van der Waals surface area contributed by atoms with Gasteiger partial charge in [-0.05, 0) is 36.1 Å². The largest absolute Gasteiger partial charge is 0.299 e. The van der Waals surface area contributed by atoms with E-state index in [1.165, 1.54) is 6.07 Å². The van der Waals surface area contributed by atoms with E-state index in [-0.39, 0.29) is 23.4 Å². The molecule has 0 saturated heterocycles. The minimum absolute atomic E-state index is 0.0474. The van der Waals surface area contributed by atoms with Crippen LogP contribution in [-0.2, 0) is 4.79 Å². The second-order valence-electron chi connectivity index (χ2n) is 4.07. The van der Waals surface area contributed by atoms with Gasteiger partial charge >= 0.3 is 0 Å². The number of Topliss-reactive ketones (excluding diaryl/α,β-unsaturated/α-hetero) is 1. The van der Waals surface area contributed by atoms with Crippen LogP contribution in [0.25, 0.3) is 0 Å². The highest BCUT2D eigenvalue weighted by Gasteiger charge is 2.33. The predicted octanol–water partition coefficient (Wildman–Crippen LogP) is 3.67. The van der Waals surface area contributed by atoms with Crippen molar-refractivity contribution in [3.05, 3.63) is 34.1 Å². The van der Waals surface area contributed by atoms with Crippen molar-refractivity contribution in [2.24, 2.45) is 5.92 Å². The van der Waals surface area contributed by atoms with Gasteiger partial charge in [0, 0.05) is 16.8 Å². The fourth-order valence-corrected chi connectivity index (χ4v) is 2.60. The summed E-state index contributed by atoms with van der Waals surface area (Å²) < 4.78 is 14.5. The molecule has 2 rings (SSSR count).